The summed E-state index contributed by atoms with van der Waals surface area (Å²) in [6.45, 7) is 3.11. The third-order valence-corrected chi connectivity index (χ3v) is 5.52. The molecule has 2 aliphatic rings. The van der Waals surface area contributed by atoms with Gasteiger partial charge in [0.15, 0.2) is 11.5 Å². The van der Waals surface area contributed by atoms with Crippen LogP contribution in [0.2, 0.25) is 5.02 Å². The van der Waals surface area contributed by atoms with Gasteiger partial charge < -0.3 is 19.1 Å². The van der Waals surface area contributed by atoms with E-state index in [0.29, 0.717) is 42.8 Å². The average Bonchev–Trinajstić information content (AvgIpc) is 3.11. The minimum Gasteiger partial charge on any atom is -0.489 e. The van der Waals surface area contributed by atoms with Crippen molar-refractivity contribution in [1.29, 1.82) is 0 Å². The van der Waals surface area contributed by atoms with Gasteiger partial charge in [0.25, 0.3) is 0 Å². The van der Waals surface area contributed by atoms with Crippen molar-refractivity contribution in [2.24, 2.45) is 0 Å². The van der Waals surface area contributed by atoms with Crippen LogP contribution in [0.1, 0.15) is 30.4 Å². The van der Waals surface area contributed by atoms with Gasteiger partial charge in [0.2, 0.25) is 5.91 Å². The summed E-state index contributed by atoms with van der Waals surface area (Å²) in [5, 5.41) is 0.487. The first kappa shape index (κ1) is 20.0. The van der Waals surface area contributed by atoms with Crippen molar-refractivity contribution in [2.45, 2.75) is 38.3 Å². The highest BCUT2D eigenvalue weighted by Crippen LogP contribution is 2.38. The number of fused-ring (bicyclic) bond motifs is 1. The van der Waals surface area contributed by atoms with E-state index in [2.05, 4.69) is 0 Å². The number of amides is 1. The summed E-state index contributed by atoms with van der Waals surface area (Å²) in [5.74, 6) is 1.24. The number of carbonyl (C=O) groups is 1. The first-order valence-corrected chi connectivity index (χ1v) is 10.6. The molecule has 154 valence electrons. The lowest BCUT2D eigenvalue weighted by Gasteiger charge is -2.26. The van der Waals surface area contributed by atoms with Gasteiger partial charge in [-0.25, -0.2) is 0 Å². The molecule has 0 N–H and O–H groups in total. The molecule has 0 aromatic heterocycles. The smallest absolute Gasteiger partial charge is 0.227 e. The van der Waals surface area contributed by atoms with Crippen LogP contribution in [-0.4, -0.2) is 43.3 Å². The van der Waals surface area contributed by atoms with Crippen LogP contribution < -0.4 is 9.47 Å². The Morgan fingerprint density at radius 3 is 2.66 bits per heavy atom. The van der Waals surface area contributed by atoms with Crippen molar-refractivity contribution < 1.29 is 19.0 Å². The second-order valence-corrected chi connectivity index (χ2v) is 7.93. The Morgan fingerprint density at radius 2 is 1.86 bits per heavy atom. The Kier molecular flexibility index (Phi) is 6.57. The van der Waals surface area contributed by atoms with Gasteiger partial charge in [0.1, 0.15) is 0 Å². The number of hydrogen-bond donors (Lipinski definition) is 0. The number of halogens is 1. The molecule has 2 aromatic carbocycles. The highest BCUT2D eigenvalue weighted by Gasteiger charge is 2.24. The quantitative estimate of drug-likeness (QED) is 0.707. The van der Waals surface area contributed by atoms with E-state index < -0.39 is 0 Å². The van der Waals surface area contributed by atoms with Crippen LogP contribution in [0.5, 0.6) is 11.5 Å². The zero-order valence-corrected chi connectivity index (χ0v) is 17.2. The van der Waals surface area contributed by atoms with Crippen molar-refractivity contribution >= 4 is 17.5 Å². The summed E-state index contributed by atoms with van der Waals surface area (Å²) < 4.78 is 17.2. The molecule has 0 radical (unpaired) electrons. The van der Waals surface area contributed by atoms with E-state index in [1.54, 1.807) is 6.07 Å². The van der Waals surface area contributed by atoms with Crippen molar-refractivity contribution in [1.82, 2.24) is 4.90 Å². The minimum absolute atomic E-state index is 0.0508. The normalized spacial score (nSPS) is 18.3. The molecule has 0 spiro atoms. The summed E-state index contributed by atoms with van der Waals surface area (Å²) in [6.07, 6.45) is 3.22. The van der Waals surface area contributed by atoms with E-state index in [0.717, 1.165) is 37.0 Å². The number of ether oxygens (including phenoxy) is 3. The fourth-order valence-electron chi connectivity index (χ4n) is 3.77. The molecular formula is C23H26ClNO4. The molecular weight excluding hydrogens is 390 g/mol. The van der Waals surface area contributed by atoms with E-state index in [1.807, 2.05) is 41.3 Å². The lowest BCUT2D eigenvalue weighted by atomic mass is 10.1. The third-order valence-electron chi connectivity index (χ3n) is 5.23. The maximum atomic E-state index is 13.2. The van der Waals surface area contributed by atoms with Gasteiger partial charge in [0.05, 0.1) is 30.8 Å². The number of carbonyl (C=O) groups excluding carboxylic acids is 1. The van der Waals surface area contributed by atoms with Gasteiger partial charge in [0, 0.05) is 26.1 Å². The SMILES string of the molecule is O=C(Cc1cc(Cl)c2c(c1)OCCCO2)N(Cc1ccccc1)CC1CCCO1. The monoisotopic (exact) mass is 415 g/mol. The molecule has 5 nitrogen and oxygen atoms in total. The molecule has 1 fully saturated rings. The van der Waals surface area contributed by atoms with Gasteiger partial charge in [-0.1, -0.05) is 41.9 Å². The number of hydrogen-bond acceptors (Lipinski definition) is 4. The predicted molar refractivity (Wildman–Crippen MR) is 112 cm³/mol. The maximum Gasteiger partial charge on any atom is 0.227 e. The summed E-state index contributed by atoms with van der Waals surface area (Å²) in [7, 11) is 0. The number of nitrogens with zero attached hydrogens (tertiary/aromatic N) is 1. The second-order valence-electron chi connectivity index (χ2n) is 7.53. The van der Waals surface area contributed by atoms with E-state index >= 15 is 0 Å². The second kappa shape index (κ2) is 9.51. The van der Waals surface area contributed by atoms with Crippen molar-refractivity contribution in [2.75, 3.05) is 26.4 Å². The summed E-state index contributed by atoms with van der Waals surface area (Å²) >= 11 is 6.40. The molecule has 1 atom stereocenters. The van der Waals surface area contributed by atoms with Gasteiger partial charge in [-0.05, 0) is 36.1 Å². The Balaban J connectivity index is 1.51. The first-order chi connectivity index (χ1) is 14.2. The average molecular weight is 416 g/mol. The minimum atomic E-state index is 0.0508. The fraction of sp³-hybridized carbons (Fsp3) is 0.435. The summed E-state index contributed by atoms with van der Waals surface area (Å²) in [6, 6.07) is 13.7. The number of benzene rings is 2. The molecule has 2 aromatic rings. The van der Waals surface area contributed by atoms with Gasteiger partial charge in [-0.3, -0.25) is 4.79 Å². The molecule has 1 unspecified atom stereocenters. The molecule has 6 heteroatoms. The Morgan fingerprint density at radius 1 is 1.03 bits per heavy atom. The molecule has 2 aliphatic heterocycles. The zero-order valence-electron chi connectivity index (χ0n) is 16.4. The summed E-state index contributed by atoms with van der Waals surface area (Å²) in [5.41, 5.74) is 1.94. The summed E-state index contributed by atoms with van der Waals surface area (Å²) in [4.78, 5) is 15.1. The third kappa shape index (κ3) is 5.22. The first-order valence-electron chi connectivity index (χ1n) is 10.2. The van der Waals surface area contributed by atoms with Crippen LogP contribution in [0.25, 0.3) is 0 Å². The Bertz CT molecular complexity index is 836. The van der Waals surface area contributed by atoms with Crippen LogP contribution in [-0.2, 0) is 22.5 Å². The van der Waals surface area contributed by atoms with Crippen molar-refractivity contribution in [3.63, 3.8) is 0 Å². The van der Waals surface area contributed by atoms with Gasteiger partial charge >= 0.3 is 0 Å². The molecule has 1 amide bonds. The van der Waals surface area contributed by atoms with Crippen LogP contribution in [0.4, 0.5) is 0 Å². The fourth-order valence-corrected chi connectivity index (χ4v) is 4.05. The van der Waals surface area contributed by atoms with Crippen LogP contribution >= 0.6 is 11.6 Å². The van der Waals surface area contributed by atoms with Crippen molar-refractivity contribution in [3.05, 3.63) is 58.6 Å². The van der Waals surface area contributed by atoms with E-state index in [4.69, 9.17) is 25.8 Å². The molecule has 0 bridgehead atoms. The lowest BCUT2D eigenvalue weighted by Crippen LogP contribution is -2.37. The zero-order chi connectivity index (χ0) is 20.1. The largest absolute Gasteiger partial charge is 0.489 e. The molecule has 29 heavy (non-hydrogen) atoms. The van der Waals surface area contributed by atoms with E-state index in [-0.39, 0.29) is 18.4 Å². The number of rotatable bonds is 6. The maximum absolute atomic E-state index is 13.2. The topological polar surface area (TPSA) is 48.0 Å². The lowest BCUT2D eigenvalue weighted by molar-refractivity contribution is -0.132. The molecule has 4 rings (SSSR count). The highest BCUT2D eigenvalue weighted by atomic mass is 35.5. The van der Waals surface area contributed by atoms with Crippen LogP contribution in [0.3, 0.4) is 0 Å². The van der Waals surface area contributed by atoms with Gasteiger partial charge in [-0.15, -0.1) is 0 Å². The Labute approximate surface area is 176 Å². The molecule has 0 saturated carbocycles. The van der Waals surface area contributed by atoms with Gasteiger partial charge in [-0.2, -0.15) is 0 Å². The van der Waals surface area contributed by atoms with E-state index in [9.17, 15) is 4.79 Å². The highest BCUT2D eigenvalue weighted by molar-refractivity contribution is 6.32. The molecule has 1 saturated heterocycles. The standard InChI is InChI=1S/C23H26ClNO4/c24-20-12-18(13-21-23(20)29-11-5-10-28-21)14-22(26)25(16-19-8-4-9-27-19)15-17-6-2-1-3-7-17/h1-3,6-7,12-13,19H,4-5,8-11,14-16H2. The van der Waals surface area contributed by atoms with Crippen molar-refractivity contribution in [3.8, 4) is 11.5 Å². The van der Waals surface area contributed by atoms with Crippen LogP contribution in [0, 0.1) is 0 Å². The predicted octanol–water partition coefficient (Wildman–Crippen LogP) is 4.25. The molecule has 0 aliphatic carbocycles. The molecule has 2 heterocycles. The van der Waals surface area contributed by atoms with E-state index in [1.165, 1.54) is 0 Å². The Hall–Kier alpha value is -2.24. The van der Waals surface area contributed by atoms with Crippen LogP contribution in [0.15, 0.2) is 42.5 Å².